The zero-order chi connectivity index (χ0) is 22.3. The zero-order valence-corrected chi connectivity index (χ0v) is 17.4. The van der Waals surface area contributed by atoms with Crippen molar-refractivity contribution >= 4 is 34.3 Å². The van der Waals surface area contributed by atoms with Crippen LogP contribution in [0.1, 0.15) is 15.9 Å². The van der Waals surface area contributed by atoms with Crippen molar-refractivity contribution in [3.63, 3.8) is 0 Å². The van der Waals surface area contributed by atoms with Gasteiger partial charge in [-0.05, 0) is 24.3 Å². The summed E-state index contributed by atoms with van der Waals surface area (Å²) in [6, 6.07) is 22.0. The normalized spacial score (nSPS) is 10.8. The highest BCUT2D eigenvalue weighted by Gasteiger charge is 2.13. The summed E-state index contributed by atoms with van der Waals surface area (Å²) in [4.78, 5) is 27.2. The quantitative estimate of drug-likeness (QED) is 0.135. The molecule has 0 spiro atoms. The fourth-order valence-corrected chi connectivity index (χ4v) is 3.45. The Morgan fingerprint density at radius 2 is 1.75 bits per heavy atom. The lowest BCUT2D eigenvalue weighted by atomic mass is 10.2. The highest BCUT2D eigenvalue weighted by molar-refractivity contribution is 7.14. The van der Waals surface area contributed by atoms with E-state index in [1.54, 1.807) is 24.3 Å². The maximum atomic E-state index is 12.4. The maximum absolute atomic E-state index is 12.4. The van der Waals surface area contributed by atoms with Crippen molar-refractivity contribution in [2.45, 2.75) is 0 Å². The highest BCUT2D eigenvalue weighted by atomic mass is 32.1. The number of hydrogen-bond donors (Lipinski definition) is 1. The van der Waals surface area contributed by atoms with Gasteiger partial charge in [-0.1, -0.05) is 42.5 Å². The molecule has 3 aromatic carbocycles. The number of carbonyl (C=O) groups is 1. The van der Waals surface area contributed by atoms with Crippen LogP contribution >= 0.6 is 11.3 Å². The van der Waals surface area contributed by atoms with Crippen molar-refractivity contribution in [3.8, 4) is 17.0 Å². The molecule has 32 heavy (non-hydrogen) atoms. The lowest BCUT2D eigenvalue weighted by molar-refractivity contribution is -0.384. The number of hydrazone groups is 1. The average Bonchev–Trinajstić information content (AvgIpc) is 3.30. The molecule has 158 valence electrons. The molecule has 0 bridgehead atoms. The van der Waals surface area contributed by atoms with E-state index >= 15 is 0 Å². The summed E-state index contributed by atoms with van der Waals surface area (Å²) in [5, 5.41) is 17.5. The first-order valence-electron chi connectivity index (χ1n) is 9.46. The number of nitrogens with zero attached hydrogens (tertiary/aromatic N) is 3. The van der Waals surface area contributed by atoms with Gasteiger partial charge in [0.1, 0.15) is 5.75 Å². The summed E-state index contributed by atoms with van der Waals surface area (Å²) in [5.74, 6) is -0.313. The number of para-hydroxylation sites is 1. The van der Waals surface area contributed by atoms with Gasteiger partial charge in [0.25, 0.3) is 5.69 Å². The maximum Gasteiger partial charge on any atom is 0.343 e. The number of hydrogen-bond acceptors (Lipinski definition) is 8. The van der Waals surface area contributed by atoms with Gasteiger partial charge >= 0.3 is 5.97 Å². The van der Waals surface area contributed by atoms with Crippen molar-refractivity contribution in [1.82, 2.24) is 4.98 Å². The molecule has 1 aromatic heterocycles. The van der Waals surface area contributed by atoms with Crippen molar-refractivity contribution in [2.24, 2.45) is 5.10 Å². The largest absolute Gasteiger partial charge is 0.422 e. The van der Waals surface area contributed by atoms with E-state index < -0.39 is 10.9 Å². The van der Waals surface area contributed by atoms with Gasteiger partial charge < -0.3 is 4.74 Å². The second-order valence-electron chi connectivity index (χ2n) is 6.51. The molecule has 0 radical (unpaired) electrons. The van der Waals surface area contributed by atoms with Gasteiger partial charge in [0, 0.05) is 28.6 Å². The molecule has 9 heteroatoms. The van der Waals surface area contributed by atoms with Gasteiger partial charge in [-0.15, -0.1) is 11.3 Å². The van der Waals surface area contributed by atoms with E-state index in [0.717, 1.165) is 11.3 Å². The Hall–Kier alpha value is -4.37. The molecule has 4 rings (SSSR count). The lowest BCUT2D eigenvalue weighted by Gasteiger charge is -2.07. The van der Waals surface area contributed by atoms with Gasteiger partial charge in [-0.3, -0.25) is 15.5 Å². The number of rotatable bonds is 7. The molecular formula is C23H16N4O4S. The predicted octanol–water partition coefficient (Wildman–Crippen LogP) is 5.38. The number of benzene rings is 3. The van der Waals surface area contributed by atoms with E-state index in [-0.39, 0.29) is 11.3 Å². The van der Waals surface area contributed by atoms with Crippen LogP contribution in [0.3, 0.4) is 0 Å². The number of nitrogens with one attached hydrogen (secondary N) is 1. The molecule has 0 aliphatic rings. The Bertz CT molecular complexity index is 1270. The molecule has 0 saturated heterocycles. The van der Waals surface area contributed by atoms with Crippen LogP contribution in [-0.4, -0.2) is 22.1 Å². The second-order valence-corrected chi connectivity index (χ2v) is 7.36. The first-order valence-corrected chi connectivity index (χ1v) is 10.3. The van der Waals surface area contributed by atoms with Gasteiger partial charge in [-0.2, -0.15) is 5.10 Å². The van der Waals surface area contributed by atoms with Crippen LogP contribution in [0.5, 0.6) is 5.75 Å². The van der Waals surface area contributed by atoms with Crippen molar-refractivity contribution in [2.75, 3.05) is 5.43 Å². The average molecular weight is 444 g/mol. The van der Waals surface area contributed by atoms with Crippen LogP contribution in [0.4, 0.5) is 10.8 Å². The summed E-state index contributed by atoms with van der Waals surface area (Å²) in [5.41, 5.74) is 5.44. The Morgan fingerprint density at radius 3 is 2.50 bits per heavy atom. The molecule has 0 atom stereocenters. The fraction of sp³-hybridized carbons (Fsp3) is 0. The van der Waals surface area contributed by atoms with Gasteiger partial charge in [0.15, 0.2) is 0 Å². The fourth-order valence-electron chi connectivity index (χ4n) is 2.78. The third-order valence-electron chi connectivity index (χ3n) is 4.37. The Labute approximate surface area is 187 Å². The van der Waals surface area contributed by atoms with Gasteiger partial charge in [0.05, 0.1) is 22.4 Å². The summed E-state index contributed by atoms with van der Waals surface area (Å²) < 4.78 is 5.46. The van der Waals surface area contributed by atoms with E-state index in [9.17, 15) is 14.9 Å². The van der Waals surface area contributed by atoms with Crippen LogP contribution in [0.2, 0.25) is 0 Å². The van der Waals surface area contributed by atoms with Crippen LogP contribution in [-0.2, 0) is 0 Å². The lowest BCUT2D eigenvalue weighted by Crippen LogP contribution is -2.10. The van der Waals surface area contributed by atoms with Gasteiger partial charge in [0.2, 0.25) is 5.13 Å². The number of thiazole rings is 1. The van der Waals surface area contributed by atoms with E-state index in [4.69, 9.17) is 4.74 Å². The number of aromatic nitrogens is 1. The Kier molecular flexibility index (Phi) is 6.28. The number of esters is 1. The predicted molar refractivity (Wildman–Crippen MR) is 123 cm³/mol. The molecule has 0 fully saturated rings. The Morgan fingerprint density at radius 1 is 1.03 bits per heavy atom. The summed E-state index contributed by atoms with van der Waals surface area (Å²) in [7, 11) is 0. The number of non-ortho nitro benzene ring substituents is 1. The number of carbonyl (C=O) groups excluding carboxylic acids is 1. The standard InChI is InChI=1S/C23H16N4O4S/c28-22(17-10-12-19(13-11-17)27(29)30)31-21-9-5-4-8-18(21)14-24-26-23-25-20(15-32-23)16-6-2-1-3-7-16/h1-15H,(H,25,26)/b24-14-. The molecule has 0 aliphatic carbocycles. The molecule has 1 heterocycles. The van der Waals surface area contributed by atoms with E-state index in [1.807, 2.05) is 35.7 Å². The van der Waals surface area contributed by atoms with Crippen molar-refractivity contribution in [1.29, 1.82) is 0 Å². The molecule has 4 aromatic rings. The molecule has 1 N–H and O–H groups in total. The van der Waals surface area contributed by atoms with Crippen LogP contribution < -0.4 is 10.2 Å². The molecule has 8 nitrogen and oxygen atoms in total. The number of ether oxygens (including phenoxy) is 1. The highest BCUT2D eigenvalue weighted by Crippen LogP contribution is 2.25. The molecule has 0 amide bonds. The second kappa shape index (κ2) is 9.63. The van der Waals surface area contributed by atoms with E-state index in [2.05, 4.69) is 15.5 Å². The minimum Gasteiger partial charge on any atom is -0.422 e. The number of anilines is 1. The third kappa shape index (κ3) is 5.02. The van der Waals surface area contributed by atoms with Gasteiger partial charge in [-0.25, -0.2) is 9.78 Å². The molecule has 0 saturated carbocycles. The third-order valence-corrected chi connectivity index (χ3v) is 5.12. The first-order chi connectivity index (χ1) is 15.6. The van der Waals surface area contributed by atoms with Crippen molar-refractivity contribution in [3.05, 3.63) is 105 Å². The van der Waals surface area contributed by atoms with Crippen LogP contribution in [0, 0.1) is 10.1 Å². The smallest absolute Gasteiger partial charge is 0.343 e. The number of nitro benzene ring substituents is 1. The summed E-state index contributed by atoms with van der Waals surface area (Å²) in [6.45, 7) is 0. The monoisotopic (exact) mass is 444 g/mol. The van der Waals surface area contributed by atoms with Crippen LogP contribution in [0.15, 0.2) is 89.3 Å². The summed E-state index contributed by atoms with van der Waals surface area (Å²) >= 11 is 1.43. The van der Waals surface area contributed by atoms with E-state index in [1.165, 1.54) is 41.8 Å². The van der Waals surface area contributed by atoms with Crippen LogP contribution in [0.25, 0.3) is 11.3 Å². The number of nitro groups is 1. The minimum atomic E-state index is -0.624. The van der Waals surface area contributed by atoms with E-state index in [0.29, 0.717) is 16.4 Å². The minimum absolute atomic E-state index is 0.0993. The Balaban J connectivity index is 1.43. The zero-order valence-electron chi connectivity index (χ0n) is 16.5. The topological polar surface area (TPSA) is 107 Å². The summed E-state index contributed by atoms with van der Waals surface area (Å²) in [6.07, 6.45) is 1.53. The first kappa shape index (κ1) is 20.9. The van der Waals surface area contributed by atoms with Crippen molar-refractivity contribution < 1.29 is 14.5 Å². The molecule has 0 unspecified atom stereocenters. The molecular weight excluding hydrogens is 428 g/mol. The SMILES string of the molecule is O=C(Oc1ccccc1/C=N\Nc1nc(-c2ccccc2)cs1)c1ccc([N+](=O)[O-])cc1. The molecule has 0 aliphatic heterocycles.